The number of halogens is 1. The summed E-state index contributed by atoms with van der Waals surface area (Å²) in [7, 11) is 1.23. The van der Waals surface area contributed by atoms with E-state index in [1.807, 2.05) is 5.92 Å². The molecule has 1 fully saturated rings. The third-order valence-corrected chi connectivity index (χ3v) is 3.25. The average molecular weight is 291 g/mol. The number of hydrogen-bond donors (Lipinski definition) is 0. The van der Waals surface area contributed by atoms with Crippen LogP contribution in [0.1, 0.15) is 6.42 Å². The SMILES string of the molecule is C#CC(=O)N1CC(Oc2ccccc2F)CC1C(=O)OC. The van der Waals surface area contributed by atoms with Crippen LogP contribution in [0.2, 0.25) is 0 Å². The lowest BCUT2D eigenvalue weighted by Gasteiger charge is -2.19. The number of carbonyl (C=O) groups excluding carboxylic acids is 2. The second kappa shape index (κ2) is 6.27. The molecule has 2 unspecified atom stereocenters. The lowest BCUT2D eigenvalue weighted by molar-refractivity contribution is -0.149. The smallest absolute Gasteiger partial charge is 0.328 e. The molecule has 0 radical (unpaired) electrons. The zero-order valence-corrected chi connectivity index (χ0v) is 11.4. The number of nitrogens with zero attached hydrogens (tertiary/aromatic N) is 1. The van der Waals surface area contributed by atoms with Crippen molar-refractivity contribution in [2.24, 2.45) is 0 Å². The second-order valence-corrected chi connectivity index (χ2v) is 4.55. The molecule has 21 heavy (non-hydrogen) atoms. The van der Waals surface area contributed by atoms with Crippen molar-refractivity contribution in [3.8, 4) is 18.1 Å². The summed E-state index contributed by atoms with van der Waals surface area (Å²) >= 11 is 0. The molecule has 1 aromatic rings. The standard InChI is InChI=1S/C15H14FNO4/c1-3-14(18)17-9-10(8-12(17)15(19)20-2)21-13-7-5-4-6-11(13)16/h1,4-7,10,12H,8-9H2,2H3. The zero-order valence-electron chi connectivity index (χ0n) is 11.4. The molecule has 0 aromatic heterocycles. The number of ether oxygens (including phenoxy) is 2. The summed E-state index contributed by atoms with van der Waals surface area (Å²) in [6.45, 7) is 0.108. The van der Waals surface area contributed by atoms with Crippen LogP contribution in [-0.2, 0) is 14.3 Å². The van der Waals surface area contributed by atoms with E-state index in [-0.39, 0.29) is 18.7 Å². The van der Waals surface area contributed by atoms with Crippen molar-refractivity contribution in [2.75, 3.05) is 13.7 Å². The van der Waals surface area contributed by atoms with Gasteiger partial charge in [0.1, 0.15) is 12.1 Å². The van der Waals surface area contributed by atoms with Crippen molar-refractivity contribution >= 4 is 11.9 Å². The number of rotatable bonds is 3. The predicted molar refractivity (Wildman–Crippen MR) is 71.8 cm³/mol. The number of likely N-dealkylation sites (tertiary alicyclic amines) is 1. The number of hydrogen-bond acceptors (Lipinski definition) is 4. The summed E-state index contributed by atoms with van der Waals surface area (Å²) in [6, 6.07) is 5.12. The van der Waals surface area contributed by atoms with Crippen molar-refractivity contribution < 1.29 is 23.5 Å². The Morgan fingerprint density at radius 1 is 1.43 bits per heavy atom. The van der Waals surface area contributed by atoms with E-state index in [4.69, 9.17) is 11.2 Å². The van der Waals surface area contributed by atoms with Crippen LogP contribution in [0.25, 0.3) is 0 Å². The Morgan fingerprint density at radius 2 is 2.14 bits per heavy atom. The fourth-order valence-corrected chi connectivity index (χ4v) is 2.27. The fraction of sp³-hybridized carbons (Fsp3) is 0.333. The maximum Gasteiger partial charge on any atom is 0.328 e. The molecule has 1 amide bonds. The Hall–Kier alpha value is -2.55. The molecule has 0 spiro atoms. The molecular weight excluding hydrogens is 277 g/mol. The van der Waals surface area contributed by atoms with E-state index in [1.54, 1.807) is 12.1 Å². The minimum atomic E-state index is -0.810. The van der Waals surface area contributed by atoms with Crippen molar-refractivity contribution in [1.29, 1.82) is 0 Å². The van der Waals surface area contributed by atoms with Crippen molar-refractivity contribution in [1.82, 2.24) is 4.90 Å². The first kappa shape index (κ1) is 14.9. The monoisotopic (exact) mass is 291 g/mol. The van der Waals surface area contributed by atoms with Crippen LogP contribution in [-0.4, -0.2) is 42.6 Å². The zero-order chi connectivity index (χ0) is 15.4. The van der Waals surface area contributed by atoms with Crippen molar-refractivity contribution in [3.05, 3.63) is 30.1 Å². The average Bonchev–Trinajstić information content (AvgIpc) is 2.92. The van der Waals surface area contributed by atoms with Gasteiger partial charge in [-0.2, -0.15) is 0 Å². The molecule has 0 bridgehead atoms. The first-order valence-electron chi connectivity index (χ1n) is 6.33. The maximum absolute atomic E-state index is 13.6. The van der Waals surface area contributed by atoms with Crippen LogP contribution in [0.3, 0.4) is 0 Å². The molecule has 1 aliphatic heterocycles. The van der Waals surface area contributed by atoms with E-state index < -0.39 is 29.8 Å². The van der Waals surface area contributed by atoms with Gasteiger partial charge in [-0.05, 0) is 18.1 Å². The topological polar surface area (TPSA) is 55.8 Å². The quantitative estimate of drug-likeness (QED) is 0.615. The molecule has 1 aliphatic rings. The van der Waals surface area contributed by atoms with Gasteiger partial charge in [0.2, 0.25) is 0 Å². The molecule has 1 saturated heterocycles. The molecule has 1 aromatic carbocycles. The third kappa shape index (κ3) is 3.14. The number of para-hydroxylation sites is 1. The van der Waals surface area contributed by atoms with Gasteiger partial charge in [0.05, 0.1) is 13.7 Å². The number of methoxy groups -OCH3 is 1. The van der Waals surface area contributed by atoms with Gasteiger partial charge >= 0.3 is 5.97 Å². The van der Waals surface area contributed by atoms with Gasteiger partial charge < -0.3 is 14.4 Å². The normalized spacial score (nSPS) is 20.7. The molecule has 1 heterocycles. The van der Waals surface area contributed by atoms with Gasteiger partial charge in [0.15, 0.2) is 11.6 Å². The number of esters is 1. The molecule has 2 rings (SSSR count). The second-order valence-electron chi connectivity index (χ2n) is 4.55. The summed E-state index contributed by atoms with van der Waals surface area (Å²) in [5.41, 5.74) is 0. The summed E-state index contributed by atoms with van der Waals surface area (Å²) in [4.78, 5) is 24.6. The van der Waals surface area contributed by atoms with Crippen molar-refractivity contribution in [3.63, 3.8) is 0 Å². The highest BCUT2D eigenvalue weighted by atomic mass is 19.1. The Balaban J connectivity index is 2.14. The van der Waals surface area contributed by atoms with Gasteiger partial charge in [0, 0.05) is 6.42 Å². The lowest BCUT2D eigenvalue weighted by Crippen LogP contribution is -2.40. The number of benzene rings is 1. The Bertz CT molecular complexity index is 596. The molecule has 0 N–H and O–H groups in total. The minimum absolute atomic E-state index is 0.0705. The Labute approximate surface area is 121 Å². The van der Waals surface area contributed by atoms with Gasteiger partial charge in [-0.25, -0.2) is 9.18 Å². The minimum Gasteiger partial charge on any atom is -0.485 e. The van der Waals surface area contributed by atoms with Crippen LogP contribution in [0.4, 0.5) is 4.39 Å². The van der Waals surface area contributed by atoms with E-state index in [0.717, 1.165) is 0 Å². The predicted octanol–water partition coefficient (Wildman–Crippen LogP) is 0.980. The van der Waals surface area contributed by atoms with Crippen LogP contribution < -0.4 is 4.74 Å². The molecule has 0 aliphatic carbocycles. The largest absolute Gasteiger partial charge is 0.485 e. The van der Waals surface area contributed by atoms with Crippen molar-refractivity contribution in [2.45, 2.75) is 18.6 Å². The fourth-order valence-electron chi connectivity index (χ4n) is 2.27. The van der Waals surface area contributed by atoms with E-state index >= 15 is 0 Å². The Morgan fingerprint density at radius 3 is 2.76 bits per heavy atom. The highest BCUT2D eigenvalue weighted by molar-refractivity contribution is 5.96. The summed E-state index contributed by atoms with van der Waals surface area (Å²) in [5, 5.41) is 0. The third-order valence-electron chi connectivity index (χ3n) is 3.25. The van der Waals surface area contributed by atoms with E-state index in [2.05, 4.69) is 4.74 Å². The first-order valence-corrected chi connectivity index (χ1v) is 6.33. The molecule has 110 valence electrons. The van der Waals surface area contributed by atoms with E-state index in [9.17, 15) is 14.0 Å². The molecule has 2 atom stereocenters. The van der Waals surface area contributed by atoms with Gasteiger partial charge in [-0.3, -0.25) is 4.79 Å². The van der Waals surface area contributed by atoms with Gasteiger partial charge in [-0.15, -0.1) is 6.42 Å². The maximum atomic E-state index is 13.6. The highest BCUT2D eigenvalue weighted by Gasteiger charge is 2.41. The van der Waals surface area contributed by atoms with E-state index in [0.29, 0.717) is 0 Å². The van der Waals surface area contributed by atoms with Gasteiger partial charge in [-0.1, -0.05) is 12.1 Å². The van der Waals surface area contributed by atoms with Crippen LogP contribution in [0, 0.1) is 18.2 Å². The number of carbonyl (C=O) groups is 2. The summed E-state index contributed by atoms with van der Waals surface area (Å²) < 4.78 is 23.7. The molecular formula is C15H14FNO4. The molecule has 6 heteroatoms. The number of terminal acetylenes is 1. The summed E-state index contributed by atoms with van der Waals surface area (Å²) in [5.74, 6) is 0.335. The number of amides is 1. The molecule has 5 nitrogen and oxygen atoms in total. The van der Waals surface area contributed by atoms with Gasteiger partial charge in [0.25, 0.3) is 5.91 Å². The van der Waals surface area contributed by atoms with Crippen LogP contribution in [0.5, 0.6) is 5.75 Å². The first-order chi connectivity index (χ1) is 10.1. The van der Waals surface area contributed by atoms with E-state index in [1.165, 1.54) is 24.1 Å². The lowest BCUT2D eigenvalue weighted by atomic mass is 10.2. The van der Waals surface area contributed by atoms with Crippen LogP contribution >= 0.6 is 0 Å². The highest BCUT2D eigenvalue weighted by Crippen LogP contribution is 2.25. The molecule has 0 saturated carbocycles. The summed E-state index contributed by atoms with van der Waals surface area (Å²) in [6.07, 6.45) is 4.76. The van der Waals surface area contributed by atoms with Crippen LogP contribution in [0.15, 0.2) is 24.3 Å². The Kier molecular flexibility index (Phi) is 4.43.